The molecule has 0 aromatic rings. The van der Waals surface area contributed by atoms with Crippen molar-refractivity contribution in [3.05, 3.63) is 0 Å². The molecule has 0 bridgehead atoms. The van der Waals surface area contributed by atoms with Crippen molar-refractivity contribution >= 4 is 10.2 Å². The van der Waals surface area contributed by atoms with Crippen molar-refractivity contribution in [1.82, 2.24) is 10.0 Å². The van der Waals surface area contributed by atoms with Crippen molar-refractivity contribution in [2.45, 2.75) is 6.04 Å². The van der Waals surface area contributed by atoms with Gasteiger partial charge in [0.1, 0.15) is 0 Å². The molecular formula is C3H9N3O2S. The summed E-state index contributed by atoms with van der Waals surface area (Å²) in [5.74, 6) is 0. The first-order valence-corrected chi connectivity index (χ1v) is 4.13. The second-order valence-corrected chi connectivity index (χ2v) is 3.34. The predicted molar refractivity (Wildman–Crippen MR) is 32.9 cm³/mol. The van der Waals surface area contributed by atoms with Crippen LogP contribution < -0.4 is 15.2 Å². The molecule has 0 aromatic heterocycles. The molecule has 5 nitrogen and oxygen atoms in total. The van der Waals surface area contributed by atoms with E-state index >= 15 is 0 Å². The van der Waals surface area contributed by atoms with E-state index in [0.717, 1.165) is 0 Å². The van der Waals surface area contributed by atoms with Gasteiger partial charge in [0.05, 0.1) is 0 Å². The number of hydrogen-bond acceptors (Lipinski definition) is 3. The van der Waals surface area contributed by atoms with Crippen molar-refractivity contribution in [3.8, 4) is 0 Å². The minimum absolute atomic E-state index is 0.000000000000000444. The zero-order chi connectivity index (χ0) is 6.91. The Morgan fingerprint density at radius 2 is 2.11 bits per heavy atom. The largest absolute Gasteiger partial charge is 0.313 e. The third-order valence-corrected chi connectivity index (χ3v) is 1.77. The highest BCUT2D eigenvalue weighted by atomic mass is 32.2. The van der Waals surface area contributed by atoms with Crippen LogP contribution in [0.15, 0.2) is 0 Å². The topological polar surface area (TPSA) is 84.2 Å². The van der Waals surface area contributed by atoms with Gasteiger partial charge in [-0.15, -0.1) is 0 Å². The molecule has 6 heteroatoms. The Hall–Kier alpha value is -0.170. The summed E-state index contributed by atoms with van der Waals surface area (Å²) >= 11 is 0. The van der Waals surface area contributed by atoms with E-state index in [-0.39, 0.29) is 6.04 Å². The zero-order valence-electron chi connectivity index (χ0n) is 4.79. The Bertz CT molecular complexity index is 183. The standard InChI is InChI=1S/C3H9N3O2S/c4-9(7,8)6-3-1-5-2-3/h3,5-6H,1-2H2,(H2,4,7,8). The summed E-state index contributed by atoms with van der Waals surface area (Å²) in [5, 5.41) is 7.58. The summed E-state index contributed by atoms with van der Waals surface area (Å²) in [7, 11) is -3.47. The third-order valence-electron chi connectivity index (χ3n) is 1.11. The van der Waals surface area contributed by atoms with E-state index in [4.69, 9.17) is 0 Å². The van der Waals surface area contributed by atoms with Gasteiger partial charge >= 0.3 is 0 Å². The molecule has 0 aliphatic carbocycles. The molecule has 54 valence electrons. The van der Waals surface area contributed by atoms with Crippen molar-refractivity contribution in [3.63, 3.8) is 0 Å². The van der Waals surface area contributed by atoms with Gasteiger partial charge in [-0.3, -0.25) is 0 Å². The summed E-state index contributed by atoms with van der Waals surface area (Å²) < 4.78 is 22.8. The molecule has 1 saturated heterocycles. The average molecular weight is 151 g/mol. The Kier molecular flexibility index (Phi) is 1.71. The smallest absolute Gasteiger partial charge is 0.274 e. The molecule has 0 atom stereocenters. The van der Waals surface area contributed by atoms with Gasteiger partial charge in [-0.2, -0.15) is 13.1 Å². The van der Waals surface area contributed by atoms with Crippen molar-refractivity contribution in [1.29, 1.82) is 0 Å². The maximum atomic E-state index is 10.3. The van der Waals surface area contributed by atoms with E-state index in [1.807, 2.05) is 0 Å². The number of nitrogens with one attached hydrogen (secondary N) is 2. The molecule has 0 spiro atoms. The van der Waals surface area contributed by atoms with E-state index < -0.39 is 10.2 Å². The maximum Gasteiger partial charge on any atom is 0.274 e. The lowest BCUT2D eigenvalue weighted by Crippen LogP contribution is -2.58. The van der Waals surface area contributed by atoms with Crippen LogP contribution >= 0.6 is 0 Å². The molecule has 1 fully saturated rings. The lowest BCUT2D eigenvalue weighted by atomic mass is 10.2. The van der Waals surface area contributed by atoms with Crippen molar-refractivity contribution < 1.29 is 8.42 Å². The van der Waals surface area contributed by atoms with E-state index in [9.17, 15) is 8.42 Å². The van der Waals surface area contributed by atoms with Gasteiger partial charge in [0.25, 0.3) is 10.2 Å². The van der Waals surface area contributed by atoms with Crippen LogP contribution in [-0.4, -0.2) is 27.5 Å². The van der Waals surface area contributed by atoms with Gasteiger partial charge in [0, 0.05) is 19.1 Å². The van der Waals surface area contributed by atoms with E-state index in [0.29, 0.717) is 13.1 Å². The Labute approximate surface area is 53.8 Å². The quantitative estimate of drug-likeness (QED) is 0.417. The number of hydrogen-bond donors (Lipinski definition) is 3. The van der Waals surface area contributed by atoms with Crippen LogP contribution in [0.3, 0.4) is 0 Å². The molecule has 1 aliphatic heterocycles. The van der Waals surface area contributed by atoms with E-state index in [1.165, 1.54) is 0 Å². The predicted octanol–water partition coefficient (Wildman–Crippen LogP) is -2.25. The van der Waals surface area contributed by atoms with Gasteiger partial charge in [0.2, 0.25) is 0 Å². The van der Waals surface area contributed by atoms with Crippen molar-refractivity contribution in [2.75, 3.05) is 13.1 Å². The molecule has 0 radical (unpaired) electrons. The van der Waals surface area contributed by atoms with Gasteiger partial charge in [-0.1, -0.05) is 0 Å². The maximum absolute atomic E-state index is 10.3. The molecule has 0 saturated carbocycles. The summed E-state index contributed by atoms with van der Waals surface area (Å²) in [5.41, 5.74) is 0. The molecule has 9 heavy (non-hydrogen) atoms. The molecule has 0 aromatic carbocycles. The Balaban J connectivity index is 2.33. The van der Waals surface area contributed by atoms with Gasteiger partial charge < -0.3 is 5.32 Å². The molecule has 1 aliphatic rings. The minimum atomic E-state index is -3.47. The lowest BCUT2D eigenvalue weighted by Gasteiger charge is -2.26. The fourth-order valence-corrected chi connectivity index (χ4v) is 1.24. The highest BCUT2D eigenvalue weighted by Crippen LogP contribution is 1.90. The Morgan fingerprint density at radius 1 is 1.56 bits per heavy atom. The number of rotatable bonds is 2. The van der Waals surface area contributed by atoms with Gasteiger partial charge in [0.15, 0.2) is 0 Å². The summed E-state index contributed by atoms with van der Waals surface area (Å²) in [6, 6.07) is -0.000000000000000444. The second kappa shape index (κ2) is 2.22. The van der Waals surface area contributed by atoms with Crippen LogP contribution in [0.25, 0.3) is 0 Å². The van der Waals surface area contributed by atoms with E-state index in [2.05, 4.69) is 15.2 Å². The van der Waals surface area contributed by atoms with Crippen LogP contribution in [0.4, 0.5) is 0 Å². The second-order valence-electron chi connectivity index (χ2n) is 2.02. The Morgan fingerprint density at radius 3 is 2.22 bits per heavy atom. The normalized spacial score (nSPS) is 21.4. The fourth-order valence-electron chi connectivity index (χ4n) is 0.604. The van der Waals surface area contributed by atoms with Crippen LogP contribution in [0.2, 0.25) is 0 Å². The molecule has 1 heterocycles. The highest BCUT2D eigenvalue weighted by molar-refractivity contribution is 7.87. The average Bonchev–Trinajstić information content (AvgIpc) is 1.53. The first-order valence-electron chi connectivity index (χ1n) is 2.59. The summed E-state index contributed by atoms with van der Waals surface area (Å²) in [6.07, 6.45) is 0. The highest BCUT2D eigenvalue weighted by Gasteiger charge is 2.19. The summed E-state index contributed by atoms with van der Waals surface area (Å²) in [4.78, 5) is 0. The molecule has 1 rings (SSSR count). The fraction of sp³-hybridized carbons (Fsp3) is 1.00. The monoisotopic (exact) mass is 151 g/mol. The van der Waals surface area contributed by atoms with Crippen LogP contribution in [0.5, 0.6) is 0 Å². The minimum Gasteiger partial charge on any atom is -0.313 e. The van der Waals surface area contributed by atoms with Crippen LogP contribution in [0, 0.1) is 0 Å². The van der Waals surface area contributed by atoms with Crippen molar-refractivity contribution in [2.24, 2.45) is 5.14 Å². The molecule has 4 N–H and O–H groups in total. The lowest BCUT2D eigenvalue weighted by molar-refractivity contribution is 0.410. The third kappa shape index (κ3) is 2.27. The van der Waals surface area contributed by atoms with Gasteiger partial charge in [-0.05, 0) is 0 Å². The molecular weight excluding hydrogens is 142 g/mol. The molecule has 0 amide bonds. The number of nitrogens with two attached hydrogens (primary N) is 1. The van der Waals surface area contributed by atoms with Crippen LogP contribution in [-0.2, 0) is 10.2 Å². The first kappa shape index (κ1) is 6.94. The van der Waals surface area contributed by atoms with Crippen LogP contribution in [0.1, 0.15) is 0 Å². The zero-order valence-corrected chi connectivity index (χ0v) is 5.61. The van der Waals surface area contributed by atoms with E-state index in [1.54, 1.807) is 0 Å². The first-order chi connectivity index (χ1) is 4.08. The molecule has 0 unspecified atom stereocenters. The SMILES string of the molecule is NS(=O)(=O)NC1CNC1. The van der Waals surface area contributed by atoms with Gasteiger partial charge in [-0.25, -0.2) is 5.14 Å². The summed E-state index contributed by atoms with van der Waals surface area (Å²) in [6.45, 7) is 1.35.